The molecule has 0 fully saturated rings. The van der Waals surface area contributed by atoms with E-state index in [0.717, 1.165) is 22.3 Å². The first kappa shape index (κ1) is 24.4. The molecule has 184 valence electrons. The number of carbonyl (C=O) groups excluding carboxylic acids is 1. The van der Waals surface area contributed by atoms with E-state index in [1.165, 1.54) is 21.3 Å². The quantitative estimate of drug-likeness (QED) is 0.430. The number of rotatable bonds is 9. The van der Waals surface area contributed by atoms with Gasteiger partial charge in [0, 0.05) is 12.5 Å². The molecule has 0 heterocycles. The summed E-state index contributed by atoms with van der Waals surface area (Å²) in [6, 6.07) is 19.2. The van der Waals surface area contributed by atoms with E-state index in [2.05, 4.69) is 17.4 Å². The third-order valence-electron chi connectivity index (χ3n) is 6.19. The predicted octanol–water partition coefficient (Wildman–Crippen LogP) is 3.65. The molecule has 0 radical (unpaired) electrons. The lowest BCUT2D eigenvalue weighted by atomic mass is 9.98. The fraction of sp³-hybridized carbons (Fsp3) is 0.296. The standard InChI is InChI=1S/C27H29NO7/c1-32-23-12-16(13-24(33-2)26(23)34-3)25(30)22(29)14-28-27(31)35-15-21-19-10-6-4-8-17(19)18-9-5-7-11-20(18)21/h4-13,21-22,25,29-30H,14-15H2,1-3H3,(H,28,31). The van der Waals surface area contributed by atoms with Crippen LogP contribution < -0.4 is 19.5 Å². The third-order valence-corrected chi connectivity index (χ3v) is 6.19. The maximum atomic E-state index is 12.4. The van der Waals surface area contributed by atoms with Gasteiger partial charge in [-0.3, -0.25) is 0 Å². The van der Waals surface area contributed by atoms with Crippen molar-refractivity contribution < 1.29 is 34.0 Å². The second-order valence-corrected chi connectivity index (χ2v) is 8.18. The highest BCUT2D eigenvalue weighted by Gasteiger charge is 2.29. The molecule has 1 aliphatic carbocycles. The number of amides is 1. The lowest BCUT2D eigenvalue weighted by Gasteiger charge is -2.21. The average Bonchev–Trinajstić information content (AvgIpc) is 3.22. The largest absolute Gasteiger partial charge is 0.493 e. The highest BCUT2D eigenvalue weighted by Crippen LogP contribution is 2.44. The molecular weight excluding hydrogens is 450 g/mol. The van der Waals surface area contributed by atoms with Gasteiger partial charge in [-0.05, 0) is 39.9 Å². The van der Waals surface area contributed by atoms with Crippen LogP contribution in [0.25, 0.3) is 11.1 Å². The number of aliphatic hydroxyl groups is 2. The summed E-state index contributed by atoms with van der Waals surface area (Å²) >= 11 is 0. The Morgan fingerprint density at radius 3 is 1.94 bits per heavy atom. The number of aliphatic hydroxyl groups excluding tert-OH is 2. The number of benzene rings is 3. The minimum Gasteiger partial charge on any atom is -0.493 e. The molecule has 3 aromatic carbocycles. The van der Waals surface area contributed by atoms with E-state index < -0.39 is 18.3 Å². The Balaban J connectivity index is 1.36. The van der Waals surface area contributed by atoms with Crippen LogP contribution in [0.5, 0.6) is 17.2 Å². The lowest BCUT2D eigenvalue weighted by Crippen LogP contribution is -2.36. The maximum Gasteiger partial charge on any atom is 0.407 e. The van der Waals surface area contributed by atoms with Gasteiger partial charge >= 0.3 is 6.09 Å². The van der Waals surface area contributed by atoms with E-state index in [1.807, 2.05) is 36.4 Å². The Hall–Kier alpha value is -3.75. The van der Waals surface area contributed by atoms with Gasteiger partial charge in [-0.1, -0.05) is 48.5 Å². The average molecular weight is 480 g/mol. The van der Waals surface area contributed by atoms with Crippen molar-refractivity contribution in [1.29, 1.82) is 0 Å². The molecular formula is C27H29NO7. The molecule has 0 aromatic heterocycles. The van der Waals surface area contributed by atoms with Crippen LogP contribution in [0.4, 0.5) is 4.79 Å². The Bertz CT molecular complexity index is 1130. The number of methoxy groups -OCH3 is 3. The molecule has 0 saturated carbocycles. The van der Waals surface area contributed by atoms with Crippen molar-refractivity contribution in [2.45, 2.75) is 18.1 Å². The summed E-state index contributed by atoms with van der Waals surface area (Å²) in [5.41, 5.74) is 4.85. The third kappa shape index (κ3) is 4.89. The number of hydrogen-bond acceptors (Lipinski definition) is 7. The summed E-state index contributed by atoms with van der Waals surface area (Å²) in [4.78, 5) is 12.4. The topological polar surface area (TPSA) is 106 Å². The van der Waals surface area contributed by atoms with Gasteiger partial charge in [-0.15, -0.1) is 0 Å². The van der Waals surface area contributed by atoms with Gasteiger partial charge in [0.25, 0.3) is 0 Å². The van der Waals surface area contributed by atoms with E-state index in [0.29, 0.717) is 22.8 Å². The minimum atomic E-state index is -1.31. The van der Waals surface area contributed by atoms with Gasteiger partial charge in [0.05, 0.1) is 21.3 Å². The molecule has 4 rings (SSSR count). The first-order valence-electron chi connectivity index (χ1n) is 11.2. The van der Waals surface area contributed by atoms with Crippen molar-refractivity contribution >= 4 is 6.09 Å². The first-order valence-corrected chi connectivity index (χ1v) is 11.2. The monoisotopic (exact) mass is 479 g/mol. The fourth-order valence-electron chi connectivity index (χ4n) is 4.44. The first-order chi connectivity index (χ1) is 17.0. The normalized spacial score (nSPS) is 13.9. The van der Waals surface area contributed by atoms with Crippen molar-refractivity contribution in [3.63, 3.8) is 0 Å². The SMILES string of the molecule is COc1cc(C(O)C(O)CNC(=O)OCC2c3ccccc3-c3ccccc32)cc(OC)c1OC. The zero-order valence-corrected chi connectivity index (χ0v) is 19.9. The molecule has 1 amide bonds. The van der Waals surface area contributed by atoms with Gasteiger partial charge in [0.15, 0.2) is 11.5 Å². The van der Waals surface area contributed by atoms with Gasteiger partial charge in [-0.25, -0.2) is 4.79 Å². The van der Waals surface area contributed by atoms with E-state index in [1.54, 1.807) is 12.1 Å². The number of alkyl carbamates (subject to hydrolysis) is 1. The molecule has 1 aliphatic rings. The molecule has 0 saturated heterocycles. The van der Waals surface area contributed by atoms with E-state index in [-0.39, 0.29) is 19.1 Å². The molecule has 35 heavy (non-hydrogen) atoms. The zero-order chi connectivity index (χ0) is 24.9. The second-order valence-electron chi connectivity index (χ2n) is 8.18. The van der Waals surface area contributed by atoms with Crippen molar-refractivity contribution in [2.24, 2.45) is 0 Å². The number of fused-ring (bicyclic) bond motifs is 3. The lowest BCUT2D eigenvalue weighted by molar-refractivity contribution is 0.0183. The Labute approximate surface area is 204 Å². The van der Waals surface area contributed by atoms with Crippen molar-refractivity contribution in [3.05, 3.63) is 77.4 Å². The van der Waals surface area contributed by atoms with Crippen LogP contribution in [0.3, 0.4) is 0 Å². The Morgan fingerprint density at radius 1 is 0.886 bits per heavy atom. The summed E-state index contributed by atoms with van der Waals surface area (Å²) < 4.78 is 21.3. The number of hydrogen-bond donors (Lipinski definition) is 3. The van der Waals surface area contributed by atoms with E-state index in [9.17, 15) is 15.0 Å². The van der Waals surface area contributed by atoms with Gasteiger partial charge in [0.2, 0.25) is 5.75 Å². The van der Waals surface area contributed by atoms with Crippen LogP contribution in [-0.4, -0.2) is 56.9 Å². The van der Waals surface area contributed by atoms with Gasteiger partial charge in [0.1, 0.15) is 18.8 Å². The Morgan fingerprint density at radius 2 is 1.43 bits per heavy atom. The van der Waals surface area contributed by atoms with Crippen molar-refractivity contribution in [2.75, 3.05) is 34.5 Å². The number of nitrogens with one attached hydrogen (secondary N) is 1. The van der Waals surface area contributed by atoms with E-state index in [4.69, 9.17) is 18.9 Å². The van der Waals surface area contributed by atoms with Crippen molar-refractivity contribution in [3.8, 4) is 28.4 Å². The smallest absolute Gasteiger partial charge is 0.407 e. The highest BCUT2D eigenvalue weighted by molar-refractivity contribution is 5.79. The molecule has 2 atom stereocenters. The molecule has 8 nitrogen and oxygen atoms in total. The highest BCUT2D eigenvalue weighted by atomic mass is 16.5. The van der Waals surface area contributed by atoms with Gasteiger partial charge < -0.3 is 34.5 Å². The van der Waals surface area contributed by atoms with Crippen molar-refractivity contribution in [1.82, 2.24) is 5.32 Å². The number of ether oxygens (including phenoxy) is 4. The van der Waals surface area contributed by atoms with Crippen LogP contribution in [0.1, 0.15) is 28.7 Å². The van der Waals surface area contributed by atoms with Crippen LogP contribution in [-0.2, 0) is 4.74 Å². The summed E-state index contributed by atoms with van der Waals surface area (Å²) in [5, 5.41) is 23.6. The van der Waals surface area contributed by atoms with Gasteiger partial charge in [-0.2, -0.15) is 0 Å². The predicted molar refractivity (Wildman–Crippen MR) is 130 cm³/mol. The Kier molecular flexibility index (Phi) is 7.43. The molecule has 3 N–H and O–H groups in total. The van der Waals surface area contributed by atoms with Crippen LogP contribution in [0.2, 0.25) is 0 Å². The molecule has 3 aromatic rings. The molecule has 2 unspecified atom stereocenters. The van der Waals surface area contributed by atoms with Crippen LogP contribution in [0.15, 0.2) is 60.7 Å². The van der Waals surface area contributed by atoms with Crippen LogP contribution in [0, 0.1) is 0 Å². The summed E-state index contributed by atoms with van der Waals surface area (Å²) in [7, 11) is 4.40. The maximum absolute atomic E-state index is 12.4. The fourth-order valence-corrected chi connectivity index (χ4v) is 4.44. The zero-order valence-electron chi connectivity index (χ0n) is 19.9. The minimum absolute atomic E-state index is 0.0668. The van der Waals surface area contributed by atoms with Crippen LogP contribution >= 0.6 is 0 Å². The molecule has 0 aliphatic heterocycles. The van der Waals surface area contributed by atoms with E-state index >= 15 is 0 Å². The summed E-state index contributed by atoms with van der Waals surface area (Å²) in [5.74, 6) is 0.996. The summed E-state index contributed by atoms with van der Waals surface area (Å²) in [6.07, 6.45) is -3.28. The molecule has 8 heteroatoms. The molecule has 0 bridgehead atoms. The number of carbonyl (C=O) groups is 1. The summed E-state index contributed by atoms with van der Waals surface area (Å²) in [6.45, 7) is -0.0557. The second kappa shape index (κ2) is 10.7. The molecule has 0 spiro atoms.